The molecule has 23 heavy (non-hydrogen) atoms. The average molecular weight is 351 g/mol. The lowest BCUT2D eigenvalue weighted by atomic mass is 10.1. The van der Waals surface area contributed by atoms with Crippen LogP contribution in [0.15, 0.2) is 41.3 Å². The molecule has 4 nitrogen and oxygen atoms in total. The third-order valence-corrected chi connectivity index (χ3v) is 4.53. The summed E-state index contributed by atoms with van der Waals surface area (Å²) in [5.41, 5.74) is 2.63. The van der Waals surface area contributed by atoms with Crippen LogP contribution in [0.2, 0.25) is 5.02 Å². The van der Waals surface area contributed by atoms with Gasteiger partial charge in [0.25, 0.3) is 0 Å². The van der Waals surface area contributed by atoms with Gasteiger partial charge in [0, 0.05) is 15.6 Å². The summed E-state index contributed by atoms with van der Waals surface area (Å²) in [6, 6.07) is 11.0. The van der Waals surface area contributed by atoms with Gasteiger partial charge >= 0.3 is 6.03 Å². The molecule has 0 aromatic heterocycles. The number of carbonyl (C=O) groups is 1. The van der Waals surface area contributed by atoms with Crippen LogP contribution in [-0.2, 0) is 0 Å². The van der Waals surface area contributed by atoms with E-state index in [2.05, 4.69) is 10.6 Å². The van der Waals surface area contributed by atoms with Crippen LogP contribution in [-0.4, -0.2) is 19.0 Å². The van der Waals surface area contributed by atoms with E-state index in [-0.39, 0.29) is 12.8 Å². The van der Waals surface area contributed by atoms with E-state index in [0.29, 0.717) is 5.75 Å². The summed E-state index contributed by atoms with van der Waals surface area (Å²) in [7, 11) is 0. The molecule has 2 N–H and O–H groups in total. The fourth-order valence-corrected chi connectivity index (χ4v) is 2.62. The molecular weight excluding hydrogens is 332 g/mol. The summed E-state index contributed by atoms with van der Waals surface area (Å²) >= 11 is 7.73. The summed E-state index contributed by atoms with van der Waals surface area (Å²) in [6.07, 6.45) is 1.99. The molecule has 0 spiro atoms. The van der Waals surface area contributed by atoms with Crippen molar-refractivity contribution in [2.24, 2.45) is 0 Å². The number of benzene rings is 2. The van der Waals surface area contributed by atoms with Gasteiger partial charge in [0.2, 0.25) is 0 Å². The molecule has 122 valence electrons. The largest absolute Gasteiger partial charge is 0.473 e. The zero-order valence-electron chi connectivity index (χ0n) is 13.3. The molecule has 0 radical (unpaired) electrons. The minimum Gasteiger partial charge on any atom is -0.473 e. The molecule has 0 aliphatic heterocycles. The van der Waals surface area contributed by atoms with Crippen molar-refractivity contribution in [2.45, 2.75) is 18.7 Å². The van der Waals surface area contributed by atoms with Crippen LogP contribution in [0.3, 0.4) is 0 Å². The van der Waals surface area contributed by atoms with Crippen molar-refractivity contribution in [2.75, 3.05) is 18.3 Å². The molecule has 6 heteroatoms. The Morgan fingerprint density at radius 2 is 1.91 bits per heavy atom. The molecule has 2 aromatic rings. The topological polar surface area (TPSA) is 50.4 Å². The van der Waals surface area contributed by atoms with Crippen molar-refractivity contribution in [1.82, 2.24) is 5.32 Å². The zero-order chi connectivity index (χ0) is 16.8. The monoisotopic (exact) mass is 350 g/mol. The van der Waals surface area contributed by atoms with Crippen molar-refractivity contribution in [3.63, 3.8) is 0 Å². The predicted octanol–water partition coefficient (Wildman–Crippen LogP) is 4.84. The highest BCUT2D eigenvalue weighted by molar-refractivity contribution is 7.98. The van der Waals surface area contributed by atoms with E-state index in [1.165, 1.54) is 0 Å². The van der Waals surface area contributed by atoms with Crippen LogP contribution in [0.1, 0.15) is 11.1 Å². The van der Waals surface area contributed by atoms with Gasteiger partial charge in [0.15, 0.2) is 6.73 Å². The van der Waals surface area contributed by atoms with E-state index in [9.17, 15) is 4.79 Å². The van der Waals surface area contributed by atoms with Gasteiger partial charge in [-0.1, -0.05) is 17.7 Å². The minimum atomic E-state index is -0.314. The Labute approximate surface area is 145 Å². The number of amides is 2. The molecule has 2 aromatic carbocycles. The van der Waals surface area contributed by atoms with Crippen LogP contribution in [0.25, 0.3) is 0 Å². The van der Waals surface area contributed by atoms with Gasteiger partial charge in [0.05, 0.1) is 0 Å². The highest BCUT2D eigenvalue weighted by Gasteiger charge is 2.05. The Bertz CT molecular complexity index is 684. The first kappa shape index (κ1) is 17.5. The number of hydrogen-bond acceptors (Lipinski definition) is 3. The highest BCUT2D eigenvalue weighted by Crippen LogP contribution is 2.25. The Kier molecular flexibility index (Phi) is 6.19. The number of aryl methyl sites for hydroxylation is 2. The number of thioether (sulfide) groups is 1. The second kappa shape index (κ2) is 8.13. The lowest BCUT2D eigenvalue weighted by Gasteiger charge is -2.12. The highest BCUT2D eigenvalue weighted by atomic mass is 35.5. The Hall–Kier alpha value is -1.85. The summed E-state index contributed by atoms with van der Waals surface area (Å²) in [4.78, 5) is 12.9. The van der Waals surface area contributed by atoms with Gasteiger partial charge in [-0.05, 0) is 61.6 Å². The first-order valence-corrected chi connectivity index (χ1v) is 8.68. The van der Waals surface area contributed by atoms with E-state index in [1.807, 2.05) is 56.5 Å². The van der Waals surface area contributed by atoms with Crippen LogP contribution in [0, 0.1) is 13.8 Å². The molecule has 0 heterocycles. The lowest BCUT2D eigenvalue weighted by molar-refractivity contribution is 0.234. The molecule has 0 aliphatic carbocycles. The van der Waals surface area contributed by atoms with Gasteiger partial charge in [-0.25, -0.2) is 4.79 Å². The molecule has 0 fully saturated rings. The third-order valence-electron chi connectivity index (χ3n) is 3.21. The zero-order valence-corrected chi connectivity index (χ0v) is 14.8. The quantitative estimate of drug-likeness (QED) is 0.599. The second-order valence-corrected chi connectivity index (χ2v) is 6.28. The second-order valence-electron chi connectivity index (χ2n) is 5.02. The summed E-state index contributed by atoms with van der Waals surface area (Å²) < 4.78 is 5.54. The minimum absolute atomic E-state index is 0.0779. The predicted molar refractivity (Wildman–Crippen MR) is 96.8 cm³/mol. The number of hydrogen-bond donors (Lipinski definition) is 2. The van der Waals surface area contributed by atoms with Crippen molar-refractivity contribution < 1.29 is 9.53 Å². The number of urea groups is 1. The Morgan fingerprint density at radius 1 is 1.22 bits per heavy atom. The number of rotatable bonds is 5. The van der Waals surface area contributed by atoms with E-state index in [1.54, 1.807) is 11.8 Å². The molecule has 0 saturated carbocycles. The molecule has 0 aliphatic rings. The van der Waals surface area contributed by atoms with E-state index in [4.69, 9.17) is 16.3 Å². The molecule has 0 saturated heterocycles. The molecule has 2 amide bonds. The normalized spacial score (nSPS) is 10.3. The van der Waals surface area contributed by atoms with Gasteiger partial charge in [0.1, 0.15) is 5.75 Å². The van der Waals surface area contributed by atoms with Gasteiger partial charge in [-0.2, -0.15) is 0 Å². The number of anilines is 1. The maximum absolute atomic E-state index is 11.9. The first-order chi connectivity index (χ1) is 11.0. The van der Waals surface area contributed by atoms with Crippen LogP contribution < -0.4 is 15.4 Å². The average Bonchev–Trinajstić information content (AvgIpc) is 2.52. The van der Waals surface area contributed by atoms with Gasteiger partial charge < -0.3 is 15.4 Å². The standard InChI is InChI=1S/C17H19ClN2O2S/c1-11-7-14(8-12(2)16(11)18)22-10-19-17(21)20-13-5-4-6-15(9-13)23-3/h4-9H,10H2,1-3H3,(H2,19,20,21). The number of ether oxygens (including phenoxy) is 1. The Balaban J connectivity index is 1.85. The lowest BCUT2D eigenvalue weighted by Crippen LogP contribution is -2.32. The Morgan fingerprint density at radius 3 is 2.57 bits per heavy atom. The molecular formula is C17H19ClN2O2S. The van der Waals surface area contributed by atoms with E-state index >= 15 is 0 Å². The molecule has 0 atom stereocenters. The van der Waals surface area contributed by atoms with Gasteiger partial charge in [-0.3, -0.25) is 0 Å². The van der Waals surface area contributed by atoms with Crippen LogP contribution in [0.4, 0.5) is 10.5 Å². The van der Waals surface area contributed by atoms with E-state index < -0.39 is 0 Å². The third kappa shape index (κ3) is 5.08. The first-order valence-electron chi connectivity index (χ1n) is 7.08. The molecule has 2 rings (SSSR count). The van der Waals surface area contributed by atoms with Crippen molar-refractivity contribution in [3.05, 3.63) is 52.5 Å². The molecule has 0 bridgehead atoms. The number of nitrogens with one attached hydrogen (secondary N) is 2. The van der Waals surface area contributed by atoms with Crippen molar-refractivity contribution in [1.29, 1.82) is 0 Å². The SMILES string of the molecule is CSc1cccc(NC(=O)NCOc2cc(C)c(Cl)c(C)c2)c1. The maximum Gasteiger partial charge on any atom is 0.321 e. The van der Waals surface area contributed by atoms with Crippen molar-refractivity contribution in [3.8, 4) is 5.75 Å². The maximum atomic E-state index is 11.9. The fraction of sp³-hybridized carbons (Fsp3) is 0.235. The summed E-state index contributed by atoms with van der Waals surface area (Å²) in [6.45, 7) is 3.91. The summed E-state index contributed by atoms with van der Waals surface area (Å²) in [5.74, 6) is 0.675. The number of halogens is 1. The summed E-state index contributed by atoms with van der Waals surface area (Å²) in [5, 5.41) is 6.16. The van der Waals surface area contributed by atoms with Crippen LogP contribution >= 0.6 is 23.4 Å². The number of carbonyl (C=O) groups excluding carboxylic acids is 1. The molecule has 0 unspecified atom stereocenters. The van der Waals surface area contributed by atoms with Crippen molar-refractivity contribution >= 4 is 35.1 Å². The van der Waals surface area contributed by atoms with Gasteiger partial charge in [-0.15, -0.1) is 11.8 Å². The fourth-order valence-electron chi connectivity index (χ4n) is 2.05. The smallest absolute Gasteiger partial charge is 0.321 e. The van der Waals surface area contributed by atoms with E-state index in [0.717, 1.165) is 26.7 Å². The van der Waals surface area contributed by atoms with Crippen LogP contribution in [0.5, 0.6) is 5.75 Å².